The van der Waals surface area contributed by atoms with Crippen LogP contribution in [0, 0.1) is 0 Å². The maximum Gasteiger partial charge on any atom is 0.235 e. The molecule has 0 fully saturated rings. The van der Waals surface area contributed by atoms with E-state index in [2.05, 4.69) is 36.1 Å². The molecule has 0 aliphatic carbocycles. The first-order chi connectivity index (χ1) is 8.95. The Bertz CT molecular complexity index is 718. The molecule has 2 aromatic heterocycles. The average Bonchev–Trinajstić information content (AvgIpc) is 2.87. The van der Waals surface area contributed by atoms with Crippen molar-refractivity contribution in [1.29, 1.82) is 0 Å². The van der Waals surface area contributed by atoms with E-state index in [4.69, 9.17) is 5.73 Å². The van der Waals surface area contributed by atoms with Crippen molar-refractivity contribution in [1.82, 2.24) is 19.8 Å². The molecule has 3 rings (SSSR count). The molecule has 6 heteroatoms. The second kappa shape index (κ2) is 4.03. The molecule has 19 heavy (non-hydrogen) atoms. The molecule has 0 aliphatic rings. The Morgan fingerprint density at radius 3 is 2.42 bits per heavy atom. The molecule has 3 aromatic rings. The summed E-state index contributed by atoms with van der Waals surface area (Å²) in [6.07, 6.45) is 0. The maximum atomic E-state index is 5.70. The largest absolute Gasteiger partial charge is 0.399 e. The fourth-order valence-electron chi connectivity index (χ4n) is 1.83. The van der Waals surface area contributed by atoms with Gasteiger partial charge < -0.3 is 5.73 Å². The van der Waals surface area contributed by atoms with Gasteiger partial charge >= 0.3 is 0 Å². The highest BCUT2D eigenvalue weighted by Gasteiger charge is 2.23. The van der Waals surface area contributed by atoms with Crippen molar-refractivity contribution in [2.45, 2.75) is 26.2 Å². The molecule has 0 atom stereocenters. The molecule has 0 aliphatic heterocycles. The van der Waals surface area contributed by atoms with Gasteiger partial charge in [-0.2, -0.15) is 9.61 Å². The second-order valence-corrected chi connectivity index (χ2v) is 6.45. The lowest BCUT2D eigenvalue weighted by Gasteiger charge is -2.13. The molecule has 2 heterocycles. The average molecular weight is 273 g/mol. The Morgan fingerprint density at radius 1 is 1.11 bits per heavy atom. The third-order valence-electron chi connectivity index (χ3n) is 2.82. The van der Waals surface area contributed by atoms with Crippen molar-refractivity contribution in [3.05, 3.63) is 30.1 Å². The van der Waals surface area contributed by atoms with Crippen molar-refractivity contribution in [2.75, 3.05) is 5.73 Å². The van der Waals surface area contributed by atoms with Gasteiger partial charge in [0.2, 0.25) is 4.96 Å². The van der Waals surface area contributed by atoms with Gasteiger partial charge in [-0.3, -0.25) is 0 Å². The quantitative estimate of drug-likeness (QED) is 0.692. The molecule has 5 nitrogen and oxygen atoms in total. The number of nitrogen functional groups attached to an aromatic ring is 1. The Kier molecular flexibility index (Phi) is 2.56. The lowest BCUT2D eigenvalue weighted by Crippen LogP contribution is -2.16. The van der Waals surface area contributed by atoms with Crippen LogP contribution in [0.15, 0.2) is 24.3 Å². The molecule has 1 aromatic carbocycles. The lowest BCUT2D eigenvalue weighted by molar-refractivity contribution is 0.528. The summed E-state index contributed by atoms with van der Waals surface area (Å²) in [5.41, 5.74) is 7.42. The van der Waals surface area contributed by atoms with E-state index in [-0.39, 0.29) is 5.41 Å². The van der Waals surface area contributed by atoms with E-state index in [1.54, 1.807) is 0 Å². The normalized spacial score (nSPS) is 12.2. The van der Waals surface area contributed by atoms with Gasteiger partial charge in [0.15, 0.2) is 5.82 Å². The van der Waals surface area contributed by atoms with Crippen LogP contribution < -0.4 is 5.73 Å². The second-order valence-electron chi connectivity index (χ2n) is 5.50. The molecule has 0 saturated heterocycles. The number of aromatic nitrogens is 4. The maximum absolute atomic E-state index is 5.70. The SMILES string of the molecule is CC(C)(C)c1nnc2sc(-c3ccc(N)cc3)nn12. The number of nitrogens with two attached hydrogens (primary N) is 1. The van der Waals surface area contributed by atoms with Crippen LogP contribution >= 0.6 is 11.3 Å². The predicted octanol–water partition coefficient (Wildman–Crippen LogP) is 2.73. The highest BCUT2D eigenvalue weighted by atomic mass is 32.1. The molecule has 0 spiro atoms. The number of nitrogens with zero attached hydrogens (tertiary/aromatic N) is 4. The van der Waals surface area contributed by atoms with Gasteiger partial charge in [-0.15, -0.1) is 10.2 Å². The van der Waals surface area contributed by atoms with E-state index in [0.717, 1.165) is 27.0 Å². The summed E-state index contributed by atoms with van der Waals surface area (Å²) in [4.78, 5) is 0.816. The number of fused-ring (bicyclic) bond motifs is 1. The van der Waals surface area contributed by atoms with Gasteiger partial charge in [0.05, 0.1) is 0 Å². The zero-order valence-electron chi connectivity index (χ0n) is 11.1. The van der Waals surface area contributed by atoms with E-state index in [1.165, 1.54) is 11.3 Å². The molecular weight excluding hydrogens is 258 g/mol. The van der Waals surface area contributed by atoms with E-state index >= 15 is 0 Å². The van der Waals surface area contributed by atoms with Crippen molar-refractivity contribution < 1.29 is 0 Å². The van der Waals surface area contributed by atoms with Gasteiger partial charge in [-0.25, -0.2) is 0 Å². The molecule has 0 unspecified atom stereocenters. The smallest absolute Gasteiger partial charge is 0.235 e. The topological polar surface area (TPSA) is 69.1 Å². The third kappa shape index (κ3) is 2.08. The predicted molar refractivity (Wildman–Crippen MR) is 77.2 cm³/mol. The van der Waals surface area contributed by atoms with Gasteiger partial charge in [-0.05, 0) is 24.3 Å². The first-order valence-corrected chi connectivity index (χ1v) is 6.85. The van der Waals surface area contributed by atoms with Gasteiger partial charge in [0, 0.05) is 16.7 Å². The van der Waals surface area contributed by atoms with Gasteiger partial charge in [0.25, 0.3) is 0 Å². The summed E-state index contributed by atoms with van der Waals surface area (Å²) in [5.74, 6) is 0.875. The van der Waals surface area contributed by atoms with Crippen molar-refractivity contribution in [3.8, 4) is 10.6 Å². The minimum atomic E-state index is -0.0775. The zero-order chi connectivity index (χ0) is 13.6. The Hall–Kier alpha value is -1.95. The number of hydrogen-bond acceptors (Lipinski definition) is 5. The molecule has 2 N–H and O–H groups in total. The van der Waals surface area contributed by atoms with Crippen molar-refractivity contribution in [2.24, 2.45) is 0 Å². The van der Waals surface area contributed by atoms with Gasteiger partial charge in [-0.1, -0.05) is 32.1 Å². The number of benzene rings is 1. The highest BCUT2D eigenvalue weighted by molar-refractivity contribution is 7.19. The summed E-state index contributed by atoms with van der Waals surface area (Å²) >= 11 is 1.53. The standard InChI is InChI=1S/C13H15N5S/c1-13(2,3)11-15-16-12-18(11)17-10(19-12)8-4-6-9(14)7-5-8/h4-7H,14H2,1-3H3. The van der Waals surface area contributed by atoms with Crippen molar-refractivity contribution >= 4 is 22.0 Å². The van der Waals surface area contributed by atoms with Crippen LogP contribution in [-0.4, -0.2) is 19.8 Å². The molecule has 0 radical (unpaired) electrons. The zero-order valence-corrected chi connectivity index (χ0v) is 11.9. The lowest BCUT2D eigenvalue weighted by atomic mass is 9.96. The number of anilines is 1. The van der Waals surface area contributed by atoms with Crippen molar-refractivity contribution in [3.63, 3.8) is 0 Å². The Labute approximate surface area is 115 Å². The Morgan fingerprint density at radius 2 is 1.79 bits per heavy atom. The van der Waals surface area contributed by atoms with Gasteiger partial charge in [0.1, 0.15) is 5.01 Å². The van der Waals surface area contributed by atoms with Crippen LogP contribution in [0.1, 0.15) is 26.6 Å². The number of rotatable bonds is 1. The van der Waals surface area contributed by atoms with E-state index in [1.807, 2.05) is 28.8 Å². The van der Waals surface area contributed by atoms with E-state index < -0.39 is 0 Å². The van der Waals surface area contributed by atoms with E-state index in [0.29, 0.717) is 0 Å². The third-order valence-corrected chi connectivity index (χ3v) is 3.77. The van der Waals surface area contributed by atoms with Crippen LogP contribution in [0.25, 0.3) is 15.5 Å². The summed E-state index contributed by atoms with van der Waals surface area (Å²) in [7, 11) is 0. The van der Waals surface area contributed by atoms with Crippen LogP contribution in [0.3, 0.4) is 0 Å². The summed E-state index contributed by atoms with van der Waals surface area (Å²) in [6, 6.07) is 7.69. The summed E-state index contributed by atoms with van der Waals surface area (Å²) < 4.78 is 1.83. The van der Waals surface area contributed by atoms with Crippen LogP contribution in [0.5, 0.6) is 0 Å². The Balaban J connectivity index is 2.12. The molecule has 0 bridgehead atoms. The monoisotopic (exact) mass is 273 g/mol. The summed E-state index contributed by atoms with van der Waals surface area (Å²) in [6.45, 7) is 6.31. The minimum absolute atomic E-state index is 0.0775. The first kappa shape index (κ1) is 12.1. The van der Waals surface area contributed by atoms with Crippen LogP contribution in [0.2, 0.25) is 0 Å². The van der Waals surface area contributed by atoms with Crippen LogP contribution in [-0.2, 0) is 5.41 Å². The molecule has 0 saturated carbocycles. The highest BCUT2D eigenvalue weighted by Crippen LogP contribution is 2.28. The summed E-state index contributed by atoms with van der Waals surface area (Å²) in [5, 5.41) is 13.9. The van der Waals surface area contributed by atoms with E-state index in [9.17, 15) is 0 Å². The number of hydrogen-bond donors (Lipinski definition) is 1. The molecular formula is C13H15N5S. The fraction of sp³-hybridized carbons (Fsp3) is 0.308. The first-order valence-electron chi connectivity index (χ1n) is 6.04. The van der Waals surface area contributed by atoms with Crippen LogP contribution in [0.4, 0.5) is 5.69 Å². The fourth-order valence-corrected chi connectivity index (χ4v) is 2.67. The minimum Gasteiger partial charge on any atom is -0.399 e. The molecule has 0 amide bonds. The molecule has 98 valence electrons.